The molecule has 0 aliphatic carbocycles. The van der Waals surface area contributed by atoms with E-state index < -0.39 is 0 Å². The number of likely N-dealkylation sites (tertiary alicyclic amines) is 1. The first-order valence-corrected chi connectivity index (χ1v) is 9.55. The van der Waals surface area contributed by atoms with Crippen molar-refractivity contribution < 1.29 is 9.53 Å². The molecule has 0 bridgehead atoms. The van der Waals surface area contributed by atoms with Gasteiger partial charge in [0.1, 0.15) is 0 Å². The van der Waals surface area contributed by atoms with E-state index in [1.54, 1.807) is 0 Å². The standard InChI is InChI=1S/C18H34N4O2/c1-3-19-18(20-10-5-12-22-11-4-6-17(22)23)21(2)13-7-16-8-14-24-15-9-16/h16H,3-15H2,1-2H3,(H,19,20). The van der Waals surface area contributed by atoms with Crippen molar-refractivity contribution in [1.29, 1.82) is 0 Å². The summed E-state index contributed by atoms with van der Waals surface area (Å²) in [5, 5.41) is 3.38. The lowest BCUT2D eigenvalue weighted by molar-refractivity contribution is -0.127. The summed E-state index contributed by atoms with van der Waals surface area (Å²) in [5.41, 5.74) is 0. The number of nitrogens with zero attached hydrogens (tertiary/aromatic N) is 3. The molecule has 1 amide bonds. The Kier molecular flexibility index (Phi) is 8.36. The van der Waals surface area contributed by atoms with Crippen LogP contribution in [-0.2, 0) is 9.53 Å². The number of carbonyl (C=O) groups is 1. The molecule has 0 radical (unpaired) electrons. The maximum absolute atomic E-state index is 11.6. The molecule has 0 aromatic rings. The molecule has 2 saturated heterocycles. The van der Waals surface area contributed by atoms with Gasteiger partial charge in [-0.2, -0.15) is 0 Å². The zero-order valence-corrected chi connectivity index (χ0v) is 15.4. The maximum atomic E-state index is 11.6. The largest absolute Gasteiger partial charge is 0.381 e. The van der Waals surface area contributed by atoms with Gasteiger partial charge < -0.3 is 19.9 Å². The highest BCUT2D eigenvalue weighted by atomic mass is 16.5. The Hall–Kier alpha value is -1.30. The molecule has 0 aromatic carbocycles. The number of hydrogen-bond donors (Lipinski definition) is 1. The summed E-state index contributed by atoms with van der Waals surface area (Å²) < 4.78 is 5.43. The minimum atomic E-state index is 0.305. The quantitative estimate of drug-likeness (QED) is 0.416. The summed E-state index contributed by atoms with van der Waals surface area (Å²) in [4.78, 5) is 20.5. The van der Waals surface area contributed by atoms with Gasteiger partial charge >= 0.3 is 0 Å². The predicted molar refractivity (Wildman–Crippen MR) is 97.2 cm³/mol. The van der Waals surface area contributed by atoms with Gasteiger partial charge in [0.25, 0.3) is 0 Å². The van der Waals surface area contributed by atoms with Gasteiger partial charge in [-0.3, -0.25) is 9.79 Å². The first-order chi connectivity index (χ1) is 11.7. The van der Waals surface area contributed by atoms with Crippen molar-refractivity contribution in [2.24, 2.45) is 10.9 Å². The zero-order valence-electron chi connectivity index (χ0n) is 15.4. The van der Waals surface area contributed by atoms with Crippen molar-refractivity contribution in [3.63, 3.8) is 0 Å². The second-order valence-corrected chi connectivity index (χ2v) is 6.84. The summed E-state index contributed by atoms with van der Waals surface area (Å²) in [5.74, 6) is 2.07. The van der Waals surface area contributed by atoms with E-state index in [0.29, 0.717) is 5.91 Å². The highest BCUT2D eigenvalue weighted by Crippen LogP contribution is 2.18. The molecular formula is C18H34N4O2. The number of carbonyl (C=O) groups excluding carboxylic acids is 1. The van der Waals surface area contributed by atoms with Gasteiger partial charge in [-0.05, 0) is 44.9 Å². The lowest BCUT2D eigenvalue weighted by atomic mass is 9.96. The van der Waals surface area contributed by atoms with Gasteiger partial charge in [0.05, 0.1) is 0 Å². The highest BCUT2D eigenvalue weighted by molar-refractivity contribution is 5.79. The Bertz CT molecular complexity index is 408. The number of hydrogen-bond acceptors (Lipinski definition) is 3. The Morgan fingerprint density at radius 3 is 2.88 bits per heavy atom. The second-order valence-electron chi connectivity index (χ2n) is 6.84. The van der Waals surface area contributed by atoms with Crippen molar-refractivity contribution >= 4 is 11.9 Å². The van der Waals surface area contributed by atoms with Crippen LogP contribution in [0.2, 0.25) is 0 Å². The molecule has 1 N–H and O–H groups in total. The smallest absolute Gasteiger partial charge is 0.222 e. The SMILES string of the molecule is CCNC(=NCCCN1CCCC1=O)N(C)CCC1CCOCC1. The molecule has 24 heavy (non-hydrogen) atoms. The van der Waals surface area contributed by atoms with E-state index in [2.05, 4.69) is 24.2 Å². The average Bonchev–Trinajstić information content (AvgIpc) is 3.01. The Labute approximate surface area is 146 Å². The monoisotopic (exact) mass is 338 g/mol. The van der Waals surface area contributed by atoms with E-state index >= 15 is 0 Å². The third kappa shape index (κ3) is 6.30. The second kappa shape index (κ2) is 10.5. The molecule has 138 valence electrons. The van der Waals surface area contributed by atoms with Crippen molar-refractivity contribution in [2.45, 2.75) is 45.4 Å². The highest BCUT2D eigenvalue weighted by Gasteiger charge is 2.19. The predicted octanol–water partition coefficient (Wildman–Crippen LogP) is 1.71. The number of ether oxygens (including phenoxy) is 1. The Balaban J connectivity index is 1.70. The van der Waals surface area contributed by atoms with Gasteiger partial charge in [-0.15, -0.1) is 0 Å². The molecule has 0 atom stereocenters. The van der Waals surface area contributed by atoms with E-state index in [4.69, 9.17) is 9.73 Å². The van der Waals surface area contributed by atoms with Gasteiger partial charge in [-0.25, -0.2) is 0 Å². The third-order valence-corrected chi connectivity index (χ3v) is 4.93. The van der Waals surface area contributed by atoms with E-state index in [1.165, 1.54) is 19.3 Å². The number of nitrogens with one attached hydrogen (secondary N) is 1. The van der Waals surface area contributed by atoms with Crippen molar-refractivity contribution in [3.8, 4) is 0 Å². The molecule has 6 nitrogen and oxygen atoms in total. The van der Waals surface area contributed by atoms with Crippen LogP contribution in [0.25, 0.3) is 0 Å². The summed E-state index contributed by atoms with van der Waals surface area (Å²) in [6.45, 7) is 8.38. The van der Waals surface area contributed by atoms with Gasteiger partial charge in [0.2, 0.25) is 5.91 Å². The van der Waals surface area contributed by atoms with Crippen molar-refractivity contribution in [1.82, 2.24) is 15.1 Å². The Morgan fingerprint density at radius 2 is 2.21 bits per heavy atom. The van der Waals surface area contributed by atoms with Crippen LogP contribution < -0.4 is 5.32 Å². The van der Waals surface area contributed by atoms with Crippen LogP contribution in [0.3, 0.4) is 0 Å². The van der Waals surface area contributed by atoms with Crippen LogP contribution in [-0.4, -0.2) is 74.7 Å². The van der Waals surface area contributed by atoms with E-state index in [0.717, 1.165) is 77.1 Å². The van der Waals surface area contributed by atoms with Crippen molar-refractivity contribution in [2.75, 3.05) is 53.0 Å². The summed E-state index contributed by atoms with van der Waals surface area (Å²) in [6.07, 6.45) is 6.25. The minimum absolute atomic E-state index is 0.305. The van der Waals surface area contributed by atoms with Gasteiger partial charge in [0.15, 0.2) is 5.96 Å². The number of rotatable bonds is 8. The molecule has 0 aromatic heterocycles. The third-order valence-electron chi connectivity index (χ3n) is 4.93. The molecule has 2 heterocycles. The lowest BCUT2D eigenvalue weighted by Crippen LogP contribution is -2.40. The van der Waals surface area contributed by atoms with E-state index in [1.807, 2.05) is 4.90 Å². The number of amides is 1. The fraction of sp³-hybridized carbons (Fsp3) is 0.889. The molecule has 2 aliphatic heterocycles. The zero-order chi connectivity index (χ0) is 17.2. The Morgan fingerprint density at radius 1 is 1.42 bits per heavy atom. The van der Waals surface area contributed by atoms with Crippen LogP contribution in [0.5, 0.6) is 0 Å². The van der Waals surface area contributed by atoms with Crippen LogP contribution in [0, 0.1) is 5.92 Å². The average molecular weight is 338 g/mol. The van der Waals surface area contributed by atoms with E-state index in [9.17, 15) is 4.79 Å². The van der Waals surface area contributed by atoms with Crippen LogP contribution in [0.15, 0.2) is 4.99 Å². The number of aliphatic imine (C=N–C) groups is 1. The molecule has 0 spiro atoms. The van der Waals surface area contributed by atoms with Gasteiger partial charge in [-0.1, -0.05) is 0 Å². The van der Waals surface area contributed by atoms with Crippen LogP contribution in [0.4, 0.5) is 0 Å². The van der Waals surface area contributed by atoms with Crippen molar-refractivity contribution in [3.05, 3.63) is 0 Å². The van der Waals surface area contributed by atoms with E-state index in [-0.39, 0.29) is 0 Å². The number of guanidine groups is 1. The normalized spacial score (nSPS) is 19.8. The molecule has 0 saturated carbocycles. The summed E-state index contributed by atoms with van der Waals surface area (Å²) in [7, 11) is 2.12. The lowest BCUT2D eigenvalue weighted by Gasteiger charge is -2.27. The summed E-state index contributed by atoms with van der Waals surface area (Å²) >= 11 is 0. The molecular weight excluding hydrogens is 304 g/mol. The fourth-order valence-electron chi connectivity index (χ4n) is 3.37. The van der Waals surface area contributed by atoms with Gasteiger partial charge in [0, 0.05) is 59.4 Å². The van der Waals surface area contributed by atoms with Crippen LogP contribution in [0.1, 0.15) is 45.4 Å². The first kappa shape index (κ1) is 19.0. The fourth-order valence-corrected chi connectivity index (χ4v) is 3.37. The molecule has 2 fully saturated rings. The topological polar surface area (TPSA) is 57.2 Å². The molecule has 0 unspecified atom stereocenters. The maximum Gasteiger partial charge on any atom is 0.222 e. The summed E-state index contributed by atoms with van der Waals surface area (Å²) in [6, 6.07) is 0. The van der Waals surface area contributed by atoms with Crippen LogP contribution >= 0.6 is 0 Å². The first-order valence-electron chi connectivity index (χ1n) is 9.55. The molecule has 2 aliphatic rings. The molecule has 6 heteroatoms. The minimum Gasteiger partial charge on any atom is -0.381 e. The molecule has 2 rings (SSSR count).